The summed E-state index contributed by atoms with van der Waals surface area (Å²) >= 11 is 3.82. The van der Waals surface area contributed by atoms with Crippen molar-refractivity contribution in [3.05, 3.63) is 0 Å². The summed E-state index contributed by atoms with van der Waals surface area (Å²) in [6, 6.07) is -0.576. The maximum absolute atomic E-state index is 10.6. The Balaban J connectivity index is -0.000000320. The van der Waals surface area contributed by atoms with Crippen molar-refractivity contribution in [3.8, 4) is 0 Å². The van der Waals surface area contributed by atoms with Crippen LogP contribution in [0.2, 0.25) is 0 Å². The molecular weight excluding hydrogens is 190 g/mol. The maximum Gasteiger partial charge on any atom is 0.323 e. The van der Waals surface area contributed by atoms with Crippen LogP contribution in [0.5, 0.6) is 0 Å². The zero-order valence-corrected chi connectivity index (χ0v) is 7.95. The van der Waals surface area contributed by atoms with E-state index in [-0.39, 0.29) is 23.9 Å². The largest absolute Gasteiger partial charge is 0.465 e. The topological polar surface area (TPSA) is 83.8 Å². The maximum atomic E-state index is 10.6. The Hall–Kier alpha value is 0.0300. The summed E-state index contributed by atoms with van der Waals surface area (Å²) in [5.74, 6) is -0.0498. The zero-order chi connectivity index (χ0) is 7.28. The first-order chi connectivity index (χ1) is 4.22. The first-order valence-corrected chi connectivity index (χ1v) is 3.38. The van der Waals surface area contributed by atoms with Crippen molar-refractivity contribution in [1.29, 1.82) is 0 Å². The molecule has 11 heavy (non-hydrogen) atoms. The van der Waals surface area contributed by atoms with Crippen LogP contribution in [0.1, 0.15) is 6.92 Å². The highest BCUT2D eigenvalue weighted by Crippen LogP contribution is 1.87. The van der Waals surface area contributed by atoms with Gasteiger partial charge in [0, 0.05) is 5.75 Å². The highest BCUT2D eigenvalue weighted by molar-refractivity contribution is 7.80. The molecule has 6 heteroatoms. The number of rotatable bonds is 3. The SMILES string of the molecule is CCOC(=O)[C@@H](N)CS.Cl.O. The molecule has 0 heterocycles. The van der Waals surface area contributed by atoms with E-state index in [1.807, 2.05) is 0 Å². The molecule has 4 N–H and O–H groups in total. The van der Waals surface area contributed by atoms with Crippen molar-refractivity contribution in [3.63, 3.8) is 0 Å². The second-order valence-electron chi connectivity index (χ2n) is 1.54. The van der Waals surface area contributed by atoms with Crippen molar-refractivity contribution in [1.82, 2.24) is 0 Å². The van der Waals surface area contributed by atoms with E-state index in [1.165, 1.54) is 0 Å². The lowest BCUT2D eigenvalue weighted by atomic mass is 10.4. The number of hydrogen-bond donors (Lipinski definition) is 2. The van der Waals surface area contributed by atoms with E-state index in [9.17, 15) is 4.79 Å². The van der Waals surface area contributed by atoms with Gasteiger partial charge in [-0.2, -0.15) is 12.6 Å². The fourth-order valence-corrected chi connectivity index (χ4v) is 0.473. The van der Waals surface area contributed by atoms with Crippen LogP contribution in [0.4, 0.5) is 0 Å². The number of carbonyl (C=O) groups excluding carboxylic acids is 1. The van der Waals surface area contributed by atoms with Crippen LogP contribution in [0.25, 0.3) is 0 Å². The molecule has 0 aromatic carbocycles. The molecule has 0 aliphatic heterocycles. The average Bonchev–Trinajstić information content (AvgIpc) is 1.87. The minimum atomic E-state index is -0.576. The van der Waals surface area contributed by atoms with Gasteiger partial charge < -0.3 is 15.9 Å². The molecule has 0 unspecified atom stereocenters. The van der Waals surface area contributed by atoms with Gasteiger partial charge in [0.05, 0.1) is 6.61 Å². The van der Waals surface area contributed by atoms with Crippen LogP contribution in [-0.2, 0) is 9.53 Å². The molecule has 0 aromatic rings. The zero-order valence-electron chi connectivity index (χ0n) is 6.24. The Kier molecular flexibility index (Phi) is 15.7. The van der Waals surface area contributed by atoms with E-state index in [4.69, 9.17) is 5.73 Å². The summed E-state index contributed by atoms with van der Waals surface area (Å²) in [7, 11) is 0. The van der Waals surface area contributed by atoms with Crippen LogP contribution in [-0.4, -0.2) is 29.8 Å². The second kappa shape index (κ2) is 10.0. The van der Waals surface area contributed by atoms with Crippen LogP contribution < -0.4 is 5.73 Å². The summed E-state index contributed by atoms with van der Waals surface area (Å²) in [6.07, 6.45) is 0. The van der Waals surface area contributed by atoms with Gasteiger partial charge in [0.2, 0.25) is 0 Å². The molecular formula is C5H14ClNO3S. The molecule has 0 aliphatic carbocycles. The van der Waals surface area contributed by atoms with Crippen LogP contribution in [0.15, 0.2) is 0 Å². The Morgan fingerprint density at radius 1 is 1.73 bits per heavy atom. The molecule has 1 atom stereocenters. The minimum Gasteiger partial charge on any atom is -0.465 e. The van der Waals surface area contributed by atoms with Crippen LogP contribution >= 0.6 is 25.0 Å². The van der Waals surface area contributed by atoms with E-state index >= 15 is 0 Å². The van der Waals surface area contributed by atoms with Crippen LogP contribution in [0, 0.1) is 0 Å². The third-order valence-corrected chi connectivity index (χ3v) is 1.18. The van der Waals surface area contributed by atoms with E-state index in [1.54, 1.807) is 6.92 Å². The number of ether oxygens (including phenoxy) is 1. The highest BCUT2D eigenvalue weighted by atomic mass is 35.5. The molecule has 0 bridgehead atoms. The van der Waals surface area contributed by atoms with E-state index in [0.29, 0.717) is 12.4 Å². The summed E-state index contributed by atoms with van der Waals surface area (Å²) in [6.45, 7) is 2.11. The molecule has 70 valence electrons. The van der Waals surface area contributed by atoms with Crippen molar-refractivity contribution in [2.24, 2.45) is 5.73 Å². The molecule has 0 aromatic heterocycles. The molecule has 0 amide bonds. The van der Waals surface area contributed by atoms with E-state index in [0.717, 1.165) is 0 Å². The monoisotopic (exact) mass is 203 g/mol. The normalized spacial score (nSPS) is 10.5. The number of nitrogens with two attached hydrogens (primary N) is 1. The smallest absolute Gasteiger partial charge is 0.323 e. The Bertz CT molecular complexity index is 104. The second-order valence-corrected chi connectivity index (χ2v) is 1.91. The van der Waals surface area contributed by atoms with Gasteiger partial charge in [-0.05, 0) is 6.92 Å². The van der Waals surface area contributed by atoms with Gasteiger partial charge in [0.1, 0.15) is 6.04 Å². The Morgan fingerprint density at radius 3 is 2.45 bits per heavy atom. The lowest BCUT2D eigenvalue weighted by Gasteiger charge is -2.05. The molecule has 0 aliphatic rings. The van der Waals surface area contributed by atoms with E-state index < -0.39 is 6.04 Å². The first-order valence-electron chi connectivity index (χ1n) is 2.75. The van der Waals surface area contributed by atoms with Crippen molar-refractivity contribution >= 4 is 31.0 Å². The fraction of sp³-hybridized carbons (Fsp3) is 0.800. The van der Waals surface area contributed by atoms with Crippen LogP contribution in [0.3, 0.4) is 0 Å². The molecule has 0 rings (SSSR count). The predicted octanol–water partition coefficient (Wildman–Crippen LogP) is -0.596. The van der Waals surface area contributed by atoms with Crippen molar-refractivity contribution in [2.45, 2.75) is 13.0 Å². The molecule has 0 spiro atoms. The first kappa shape index (κ1) is 17.2. The van der Waals surface area contributed by atoms with Gasteiger partial charge in [0.15, 0.2) is 0 Å². The van der Waals surface area contributed by atoms with E-state index in [2.05, 4.69) is 17.4 Å². The minimum absolute atomic E-state index is 0. The van der Waals surface area contributed by atoms with Crippen molar-refractivity contribution < 1.29 is 15.0 Å². The standard InChI is InChI=1S/C5H11NO2S.ClH.H2O/c1-2-8-5(7)4(6)3-9;;/h4,9H,2-3,6H2,1H3;1H;1H2/t4-;;/m0../s1. The molecule has 0 radical (unpaired) electrons. The molecule has 0 saturated heterocycles. The summed E-state index contributed by atoms with van der Waals surface area (Å²) in [5.41, 5.74) is 5.25. The van der Waals surface area contributed by atoms with Crippen molar-refractivity contribution in [2.75, 3.05) is 12.4 Å². The lowest BCUT2D eigenvalue weighted by molar-refractivity contribution is -0.144. The Labute approximate surface area is 77.6 Å². The van der Waals surface area contributed by atoms with Gasteiger partial charge in [0.25, 0.3) is 0 Å². The van der Waals surface area contributed by atoms with Gasteiger partial charge >= 0.3 is 5.97 Å². The third kappa shape index (κ3) is 7.93. The predicted molar refractivity (Wildman–Crippen MR) is 49.3 cm³/mol. The summed E-state index contributed by atoms with van der Waals surface area (Å²) < 4.78 is 4.58. The Morgan fingerprint density at radius 2 is 2.18 bits per heavy atom. The highest BCUT2D eigenvalue weighted by Gasteiger charge is 2.10. The number of carbonyl (C=O) groups is 1. The molecule has 0 saturated carbocycles. The molecule has 4 nitrogen and oxygen atoms in total. The third-order valence-electron chi connectivity index (χ3n) is 0.786. The number of hydrogen-bond acceptors (Lipinski definition) is 4. The average molecular weight is 204 g/mol. The van der Waals surface area contributed by atoms with Gasteiger partial charge in [-0.3, -0.25) is 4.79 Å². The molecule has 0 fully saturated rings. The quantitative estimate of drug-likeness (QED) is 0.475. The summed E-state index contributed by atoms with van der Waals surface area (Å²) in [4.78, 5) is 10.6. The number of esters is 1. The number of thiol groups is 1. The van der Waals surface area contributed by atoms with Gasteiger partial charge in [-0.25, -0.2) is 0 Å². The fourth-order valence-electron chi connectivity index (χ4n) is 0.324. The van der Waals surface area contributed by atoms with Gasteiger partial charge in [-0.15, -0.1) is 12.4 Å². The van der Waals surface area contributed by atoms with Gasteiger partial charge in [-0.1, -0.05) is 0 Å². The lowest BCUT2D eigenvalue weighted by Crippen LogP contribution is -2.33. The summed E-state index contributed by atoms with van der Waals surface area (Å²) in [5, 5.41) is 0. The number of halogens is 1.